The van der Waals surface area contributed by atoms with E-state index in [1.165, 1.54) is 0 Å². The standard InChI is InChI=1S/C32H43N5O6/c1-4-7-21-42-30(41)26-25-28(39)36(19-12-8-9-13-20-38)27(32(25)17-16-31(26,6-3)43-32)29(40)35(18-5-2)22-37-24-15-11-10-14-23(24)33-34-37/h4-5,10-11,14-15,25-27,38H,1-2,6-9,12-13,16-22H2,3H3/t25-,26-,27?,31+,32?/m0/s1. The van der Waals surface area contributed by atoms with E-state index in [0.717, 1.165) is 18.4 Å². The third-order valence-corrected chi connectivity index (χ3v) is 9.43. The van der Waals surface area contributed by atoms with Crippen LogP contribution >= 0.6 is 0 Å². The Morgan fingerprint density at radius 2 is 1.98 bits per heavy atom. The summed E-state index contributed by atoms with van der Waals surface area (Å²) in [5, 5.41) is 17.7. The Bertz CT molecular complexity index is 1360. The number of carbonyl (C=O) groups excluding carboxylic acids is 3. The maximum absolute atomic E-state index is 14.7. The third kappa shape index (κ3) is 5.37. The van der Waals surface area contributed by atoms with Crippen molar-refractivity contribution >= 4 is 28.8 Å². The molecule has 3 aliphatic heterocycles. The predicted octanol–water partition coefficient (Wildman–Crippen LogP) is 3.23. The van der Waals surface area contributed by atoms with Gasteiger partial charge in [-0.2, -0.15) is 0 Å². The van der Waals surface area contributed by atoms with Crippen molar-refractivity contribution in [3.8, 4) is 0 Å². The van der Waals surface area contributed by atoms with Gasteiger partial charge < -0.3 is 24.4 Å². The fourth-order valence-electron chi connectivity index (χ4n) is 7.41. The van der Waals surface area contributed by atoms with Gasteiger partial charge in [-0.15, -0.1) is 18.3 Å². The molecule has 1 N–H and O–H groups in total. The number of benzene rings is 1. The summed E-state index contributed by atoms with van der Waals surface area (Å²) in [5.41, 5.74) is -0.494. The van der Waals surface area contributed by atoms with Crippen molar-refractivity contribution in [2.24, 2.45) is 11.8 Å². The number of likely N-dealkylation sites (tertiary alicyclic amines) is 1. The van der Waals surface area contributed by atoms with Crippen molar-refractivity contribution in [1.29, 1.82) is 0 Å². The Morgan fingerprint density at radius 3 is 2.72 bits per heavy atom. The number of aromatic nitrogens is 3. The molecular formula is C32H43N5O6. The Kier molecular flexibility index (Phi) is 9.31. The number of unbranched alkanes of at least 4 members (excludes halogenated alkanes) is 3. The summed E-state index contributed by atoms with van der Waals surface area (Å²) in [7, 11) is 0. The minimum Gasteiger partial charge on any atom is -0.465 e. The number of nitrogens with zero attached hydrogens (tertiary/aromatic N) is 5. The molecule has 1 spiro atoms. The first-order valence-electron chi connectivity index (χ1n) is 15.4. The van der Waals surface area contributed by atoms with Gasteiger partial charge >= 0.3 is 5.97 Å². The van der Waals surface area contributed by atoms with Crippen LogP contribution < -0.4 is 0 Å². The van der Waals surface area contributed by atoms with Gasteiger partial charge in [-0.05, 0) is 50.7 Å². The topological polar surface area (TPSA) is 127 Å². The zero-order chi connectivity index (χ0) is 30.6. The number of fused-ring (bicyclic) bond motifs is 2. The molecule has 0 aliphatic carbocycles. The van der Waals surface area contributed by atoms with E-state index in [-0.39, 0.29) is 38.2 Å². The van der Waals surface area contributed by atoms with E-state index in [2.05, 4.69) is 23.5 Å². The molecule has 232 valence electrons. The lowest BCUT2D eigenvalue weighted by molar-refractivity contribution is -0.162. The normalized spacial score (nSPS) is 27.4. The zero-order valence-corrected chi connectivity index (χ0v) is 25.0. The van der Waals surface area contributed by atoms with Gasteiger partial charge in [0.05, 0.1) is 23.6 Å². The summed E-state index contributed by atoms with van der Waals surface area (Å²) < 4.78 is 14.2. The highest BCUT2D eigenvalue weighted by Gasteiger charge is 2.79. The lowest BCUT2D eigenvalue weighted by atomic mass is 9.65. The molecule has 43 heavy (non-hydrogen) atoms. The average molecular weight is 594 g/mol. The molecular weight excluding hydrogens is 550 g/mol. The van der Waals surface area contributed by atoms with Gasteiger partial charge in [0.2, 0.25) is 11.8 Å². The van der Waals surface area contributed by atoms with E-state index < -0.39 is 35.0 Å². The van der Waals surface area contributed by atoms with E-state index in [9.17, 15) is 19.5 Å². The van der Waals surface area contributed by atoms with E-state index in [1.54, 1.807) is 26.6 Å². The molecule has 0 radical (unpaired) electrons. The minimum atomic E-state index is -1.14. The second-order valence-electron chi connectivity index (χ2n) is 11.8. The van der Waals surface area contributed by atoms with Crippen molar-refractivity contribution in [3.05, 3.63) is 49.6 Å². The molecule has 2 bridgehead atoms. The number of esters is 1. The predicted molar refractivity (Wildman–Crippen MR) is 159 cm³/mol. The number of amides is 2. The zero-order valence-electron chi connectivity index (χ0n) is 25.0. The van der Waals surface area contributed by atoms with Gasteiger partial charge in [0.15, 0.2) is 0 Å². The Labute approximate surface area is 252 Å². The summed E-state index contributed by atoms with van der Waals surface area (Å²) in [6, 6.07) is 6.62. The van der Waals surface area contributed by atoms with Crippen LogP contribution in [0.4, 0.5) is 0 Å². The number of hydrogen-bond donors (Lipinski definition) is 1. The van der Waals surface area contributed by atoms with Gasteiger partial charge in [0.25, 0.3) is 0 Å². The first kappa shape index (κ1) is 30.9. The molecule has 3 saturated heterocycles. The molecule has 3 fully saturated rings. The van der Waals surface area contributed by atoms with Crippen LogP contribution in [0.15, 0.2) is 49.6 Å². The molecule has 5 rings (SSSR count). The highest BCUT2D eigenvalue weighted by molar-refractivity contribution is 5.98. The molecule has 2 unspecified atom stereocenters. The molecule has 2 amide bonds. The maximum atomic E-state index is 14.7. The fourth-order valence-corrected chi connectivity index (χ4v) is 7.41. The average Bonchev–Trinajstić information content (AvgIpc) is 3.74. The van der Waals surface area contributed by atoms with E-state index >= 15 is 0 Å². The third-order valence-electron chi connectivity index (χ3n) is 9.43. The molecule has 4 heterocycles. The molecule has 11 heteroatoms. The van der Waals surface area contributed by atoms with Crippen LogP contribution in [0.1, 0.15) is 58.3 Å². The minimum absolute atomic E-state index is 0.116. The second kappa shape index (κ2) is 13.0. The van der Waals surface area contributed by atoms with Crippen molar-refractivity contribution in [2.45, 2.75) is 82.2 Å². The smallest absolute Gasteiger partial charge is 0.312 e. The van der Waals surface area contributed by atoms with Crippen LogP contribution in [0.3, 0.4) is 0 Å². The van der Waals surface area contributed by atoms with E-state index in [1.807, 2.05) is 31.2 Å². The van der Waals surface area contributed by atoms with Crippen LogP contribution in [0, 0.1) is 11.8 Å². The Balaban J connectivity index is 1.50. The lowest BCUT2D eigenvalue weighted by Crippen LogP contribution is -2.56. The number of aliphatic hydroxyl groups excluding tert-OH is 1. The van der Waals surface area contributed by atoms with Crippen LogP contribution in [0.25, 0.3) is 11.0 Å². The van der Waals surface area contributed by atoms with Gasteiger partial charge in [-0.3, -0.25) is 14.4 Å². The van der Waals surface area contributed by atoms with E-state index in [4.69, 9.17) is 9.47 Å². The van der Waals surface area contributed by atoms with Crippen molar-refractivity contribution in [3.63, 3.8) is 0 Å². The van der Waals surface area contributed by atoms with Gasteiger partial charge in [0.1, 0.15) is 29.7 Å². The summed E-state index contributed by atoms with van der Waals surface area (Å²) in [6.07, 6.45) is 8.42. The summed E-state index contributed by atoms with van der Waals surface area (Å²) in [5.74, 6) is -2.53. The van der Waals surface area contributed by atoms with Gasteiger partial charge in [0, 0.05) is 19.7 Å². The summed E-state index contributed by atoms with van der Waals surface area (Å²) in [6.45, 7) is 10.5. The highest BCUT2D eigenvalue weighted by Crippen LogP contribution is 2.64. The summed E-state index contributed by atoms with van der Waals surface area (Å²) >= 11 is 0. The second-order valence-corrected chi connectivity index (χ2v) is 11.8. The SMILES string of the molecule is C=CCCOC(=O)[C@@H]1[C@H]2C(=O)N(CCCCCCO)C(C(=O)N(CC=C)Cn3nnc4ccccc43)C23CC[C@@]1(CC)O3. The molecule has 5 atom stereocenters. The number of hydrogen-bond acceptors (Lipinski definition) is 8. The molecule has 2 aromatic rings. The number of ether oxygens (including phenoxy) is 2. The maximum Gasteiger partial charge on any atom is 0.312 e. The van der Waals surface area contributed by atoms with E-state index in [0.29, 0.717) is 50.6 Å². The van der Waals surface area contributed by atoms with Crippen LogP contribution in [-0.4, -0.2) is 91.2 Å². The summed E-state index contributed by atoms with van der Waals surface area (Å²) in [4.78, 5) is 45.9. The monoisotopic (exact) mass is 593 g/mol. The molecule has 11 nitrogen and oxygen atoms in total. The largest absolute Gasteiger partial charge is 0.465 e. The first-order valence-corrected chi connectivity index (χ1v) is 15.4. The number of para-hydroxylation sites is 1. The Hall–Kier alpha value is -3.57. The lowest BCUT2D eigenvalue weighted by Gasteiger charge is -2.36. The van der Waals surface area contributed by atoms with Crippen LogP contribution in [0.2, 0.25) is 0 Å². The first-order chi connectivity index (χ1) is 20.9. The molecule has 3 aliphatic rings. The fraction of sp³-hybridized carbons (Fsp3) is 0.594. The van der Waals surface area contributed by atoms with Gasteiger partial charge in [-0.25, -0.2) is 4.68 Å². The quantitative estimate of drug-likeness (QED) is 0.179. The Morgan fingerprint density at radius 1 is 1.19 bits per heavy atom. The van der Waals surface area contributed by atoms with Gasteiger partial charge in [-0.1, -0.05) is 49.3 Å². The van der Waals surface area contributed by atoms with Crippen LogP contribution in [0.5, 0.6) is 0 Å². The number of aliphatic hydroxyl groups is 1. The van der Waals surface area contributed by atoms with Crippen molar-refractivity contribution < 1.29 is 29.0 Å². The number of rotatable bonds is 16. The van der Waals surface area contributed by atoms with Crippen LogP contribution in [-0.2, 0) is 30.5 Å². The highest BCUT2D eigenvalue weighted by atomic mass is 16.6. The van der Waals surface area contributed by atoms with Crippen molar-refractivity contribution in [2.75, 3.05) is 26.3 Å². The van der Waals surface area contributed by atoms with Crippen molar-refractivity contribution in [1.82, 2.24) is 24.8 Å². The molecule has 1 aromatic carbocycles. The molecule has 0 saturated carbocycles. The molecule has 1 aromatic heterocycles. The number of carbonyl (C=O) groups is 3.